The lowest BCUT2D eigenvalue weighted by Gasteiger charge is -2.17. The maximum atomic E-state index is 13.3. The van der Waals surface area contributed by atoms with Crippen molar-refractivity contribution in [1.82, 2.24) is 9.55 Å². The molecule has 0 aliphatic carbocycles. The van der Waals surface area contributed by atoms with Gasteiger partial charge in [-0.2, -0.15) is 0 Å². The van der Waals surface area contributed by atoms with Crippen molar-refractivity contribution in [1.29, 1.82) is 0 Å². The maximum absolute atomic E-state index is 13.3. The molecule has 0 spiro atoms. The molecule has 0 radical (unpaired) electrons. The monoisotopic (exact) mass is 404 g/mol. The average Bonchev–Trinajstić information content (AvgIpc) is 3.06. The molecule has 0 bridgehead atoms. The van der Waals surface area contributed by atoms with Gasteiger partial charge in [0.2, 0.25) is 0 Å². The van der Waals surface area contributed by atoms with E-state index in [1.165, 1.54) is 17.7 Å². The summed E-state index contributed by atoms with van der Waals surface area (Å²) in [7, 11) is 0. The van der Waals surface area contributed by atoms with Crippen LogP contribution in [0.5, 0.6) is 5.75 Å². The van der Waals surface area contributed by atoms with Gasteiger partial charge in [-0.15, -0.1) is 0 Å². The van der Waals surface area contributed by atoms with Gasteiger partial charge in [0.05, 0.1) is 17.6 Å². The summed E-state index contributed by atoms with van der Waals surface area (Å²) in [5.74, 6) is 1.35. The first-order valence-corrected chi connectivity index (χ1v) is 10.1. The van der Waals surface area contributed by atoms with Gasteiger partial charge in [-0.25, -0.2) is 9.37 Å². The molecular weight excluding hydrogens is 379 g/mol. The first kappa shape index (κ1) is 20.1. The second kappa shape index (κ2) is 8.67. The van der Waals surface area contributed by atoms with Crippen LogP contribution in [-0.4, -0.2) is 27.4 Å². The van der Waals surface area contributed by atoms with Crippen molar-refractivity contribution in [3.8, 4) is 5.75 Å². The van der Waals surface area contributed by atoms with Crippen molar-refractivity contribution < 1.29 is 14.2 Å². The quantitative estimate of drug-likeness (QED) is 0.480. The molecular formula is C25H25FN2O2. The number of halogens is 1. The number of fused-ring (bicyclic) bond motifs is 1. The SMILES string of the molecule is Cc1ccc(OCC(O)Cn2c(Cc3ccc(F)cc3)nc3ccccc32)c(C)c1. The van der Waals surface area contributed by atoms with Crippen molar-refractivity contribution in [2.24, 2.45) is 0 Å². The van der Waals surface area contributed by atoms with Crippen molar-refractivity contribution in [3.05, 3.63) is 95.1 Å². The number of imidazole rings is 1. The molecule has 0 fully saturated rings. The lowest BCUT2D eigenvalue weighted by atomic mass is 10.1. The van der Waals surface area contributed by atoms with Gasteiger partial charge in [0, 0.05) is 6.42 Å². The Balaban J connectivity index is 1.53. The van der Waals surface area contributed by atoms with Crippen molar-refractivity contribution in [2.45, 2.75) is 32.9 Å². The van der Waals surface area contributed by atoms with Crippen LogP contribution >= 0.6 is 0 Å². The summed E-state index contributed by atoms with van der Waals surface area (Å²) in [6.07, 6.45) is -0.144. The topological polar surface area (TPSA) is 47.3 Å². The summed E-state index contributed by atoms with van der Waals surface area (Å²) >= 11 is 0. The van der Waals surface area contributed by atoms with Gasteiger partial charge in [0.25, 0.3) is 0 Å². The van der Waals surface area contributed by atoms with Crippen LogP contribution in [0.4, 0.5) is 4.39 Å². The lowest BCUT2D eigenvalue weighted by Crippen LogP contribution is -2.25. The molecule has 1 atom stereocenters. The van der Waals surface area contributed by atoms with Crippen LogP contribution in [0.15, 0.2) is 66.7 Å². The zero-order valence-corrected chi connectivity index (χ0v) is 17.2. The molecule has 30 heavy (non-hydrogen) atoms. The molecule has 0 aliphatic rings. The Morgan fingerprint density at radius 1 is 1.03 bits per heavy atom. The van der Waals surface area contributed by atoms with E-state index in [9.17, 15) is 9.50 Å². The summed E-state index contributed by atoms with van der Waals surface area (Å²) in [4.78, 5) is 4.74. The van der Waals surface area contributed by atoms with Gasteiger partial charge >= 0.3 is 0 Å². The van der Waals surface area contributed by atoms with Crippen LogP contribution < -0.4 is 4.74 Å². The standard InChI is InChI=1S/C25H25FN2O2/c1-17-7-12-24(18(2)13-17)30-16-21(29)15-28-23-6-4-3-5-22(23)27-25(28)14-19-8-10-20(26)11-9-19/h3-13,21,29H,14-16H2,1-2H3. The fraction of sp³-hybridized carbons (Fsp3) is 0.240. The van der Waals surface area contributed by atoms with E-state index < -0.39 is 6.10 Å². The highest BCUT2D eigenvalue weighted by molar-refractivity contribution is 5.76. The zero-order chi connectivity index (χ0) is 21.1. The molecule has 1 heterocycles. The second-order valence-corrected chi connectivity index (χ2v) is 7.66. The van der Waals surface area contributed by atoms with Gasteiger partial charge in [-0.05, 0) is 55.3 Å². The largest absolute Gasteiger partial charge is 0.491 e. The molecule has 4 rings (SSSR count). The van der Waals surface area contributed by atoms with Crippen molar-refractivity contribution >= 4 is 11.0 Å². The molecule has 4 aromatic rings. The highest BCUT2D eigenvalue weighted by Crippen LogP contribution is 2.21. The number of hydrogen-bond acceptors (Lipinski definition) is 3. The summed E-state index contributed by atoms with van der Waals surface area (Å²) in [6.45, 7) is 4.59. The van der Waals surface area contributed by atoms with Crippen LogP contribution in [0.1, 0.15) is 22.5 Å². The number of aromatic nitrogens is 2. The number of ether oxygens (including phenoxy) is 1. The minimum atomic E-state index is -0.699. The van der Waals surface area contributed by atoms with E-state index >= 15 is 0 Å². The number of aliphatic hydroxyl groups excluding tert-OH is 1. The Kier molecular flexibility index (Phi) is 5.81. The summed E-state index contributed by atoms with van der Waals surface area (Å²) in [5, 5.41) is 10.7. The predicted molar refractivity (Wildman–Crippen MR) is 116 cm³/mol. The molecule has 0 saturated heterocycles. The van der Waals surface area contributed by atoms with E-state index in [2.05, 4.69) is 6.07 Å². The van der Waals surface area contributed by atoms with Crippen LogP contribution in [0.3, 0.4) is 0 Å². The third kappa shape index (κ3) is 4.52. The van der Waals surface area contributed by atoms with Gasteiger partial charge in [0.1, 0.15) is 30.1 Å². The summed E-state index contributed by atoms with van der Waals surface area (Å²) < 4.78 is 21.1. The van der Waals surface area contributed by atoms with Gasteiger partial charge < -0.3 is 14.4 Å². The van der Waals surface area contributed by atoms with E-state index in [1.807, 2.05) is 54.8 Å². The van der Waals surface area contributed by atoms with Crippen molar-refractivity contribution in [2.75, 3.05) is 6.61 Å². The van der Waals surface area contributed by atoms with Crippen LogP contribution in [0, 0.1) is 19.7 Å². The van der Waals surface area contributed by atoms with Crippen LogP contribution in [0.2, 0.25) is 0 Å². The zero-order valence-electron chi connectivity index (χ0n) is 17.2. The Morgan fingerprint density at radius 2 is 1.80 bits per heavy atom. The Labute approximate surface area is 175 Å². The van der Waals surface area contributed by atoms with Gasteiger partial charge in [-0.3, -0.25) is 0 Å². The second-order valence-electron chi connectivity index (χ2n) is 7.66. The molecule has 1 aromatic heterocycles. The fourth-order valence-electron chi connectivity index (χ4n) is 3.66. The minimum Gasteiger partial charge on any atom is -0.491 e. The average molecular weight is 404 g/mol. The normalized spacial score (nSPS) is 12.3. The Hall–Kier alpha value is -3.18. The third-order valence-corrected chi connectivity index (χ3v) is 5.16. The molecule has 0 amide bonds. The number of nitrogens with zero attached hydrogens (tertiary/aromatic N) is 2. The first-order chi connectivity index (χ1) is 14.5. The summed E-state index contributed by atoms with van der Waals surface area (Å²) in [6, 6.07) is 20.3. The van der Waals surface area contributed by atoms with E-state index in [1.54, 1.807) is 12.1 Å². The van der Waals surface area contributed by atoms with Gasteiger partial charge in [0.15, 0.2) is 0 Å². The lowest BCUT2D eigenvalue weighted by molar-refractivity contribution is 0.0925. The number of benzene rings is 3. The number of hydrogen-bond donors (Lipinski definition) is 1. The van der Waals surface area contributed by atoms with Gasteiger partial charge in [-0.1, -0.05) is 42.0 Å². The number of aryl methyl sites for hydroxylation is 2. The molecule has 1 N–H and O–H groups in total. The molecule has 4 nitrogen and oxygen atoms in total. The smallest absolute Gasteiger partial charge is 0.123 e. The highest BCUT2D eigenvalue weighted by atomic mass is 19.1. The number of rotatable bonds is 7. The van der Waals surface area contributed by atoms with Crippen molar-refractivity contribution in [3.63, 3.8) is 0 Å². The molecule has 0 aliphatic heterocycles. The van der Waals surface area contributed by atoms with E-state index in [0.717, 1.165) is 33.7 Å². The molecule has 5 heteroatoms. The van der Waals surface area contributed by atoms with E-state index in [-0.39, 0.29) is 12.4 Å². The fourth-order valence-corrected chi connectivity index (χ4v) is 3.66. The Bertz CT molecular complexity index is 1150. The number of aliphatic hydroxyl groups is 1. The Morgan fingerprint density at radius 3 is 2.57 bits per heavy atom. The maximum Gasteiger partial charge on any atom is 0.123 e. The molecule has 0 saturated carbocycles. The van der Waals surface area contributed by atoms with Crippen LogP contribution in [-0.2, 0) is 13.0 Å². The first-order valence-electron chi connectivity index (χ1n) is 10.1. The molecule has 154 valence electrons. The van der Waals surface area contributed by atoms with E-state index in [0.29, 0.717) is 13.0 Å². The van der Waals surface area contributed by atoms with Crippen LogP contribution in [0.25, 0.3) is 11.0 Å². The minimum absolute atomic E-state index is 0.187. The highest BCUT2D eigenvalue weighted by Gasteiger charge is 2.15. The summed E-state index contributed by atoms with van der Waals surface area (Å²) in [5.41, 5.74) is 5.02. The van der Waals surface area contributed by atoms with E-state index in [4.69, 9.17) is 9.72 Å². The number of para-hydroxylation sites is 2. The third-order valence-electron chi connectivity index (χ3n) is 5.16. The predicted octanol–water partition coefficient (Wildman–Crippen LogP) is 4.82. The molecule has 3 aromatic carbocycles. The molecule has 1 unspecified atom stereocenters.